The summed E-state index contributed by atoms with van der Waals surface area (Å²) in [5.41, 5.74) is 9.63. The van der Waals surface area contributed by atoms with E-state index in [0.29, 0.717) is 17.9 Å². The van der Waals surface area contributed by atoms with Crippen molar-refractivity contribution in [1.82, 2.24) is 0 Å². The van der Waals surface area contributed by atoms with Gasteiger partial charge in [-0.1, -0.05) is 36.4 Å². The van der Waals surface area contributed by atoms with Crippen molar-refractivity contribution in [3.05, 3.63) is 106 Å². The first-order valence-corrected chi connectivity index (χ1v) is 14.7. The number of amides is 2. The lowest BCUT2D eigenvalue weighted by Crippen LogP contribution is -2.23. The second-order valence-electron chi connectivity index (χ2n) is 11.2. The summed E-state index contributed by atoms with van der Waals surface area (Å²) in [6.45, 7) is 0.358. The number of nitrogens with one attached hydrogen (secondary N) is 2. The number of benzene rings is 3. The zero-order valence-corrected chi connectivity index (χ0v) is 23.2. The van der Waals surface area contributed by atoms with E-state index in [9.17, 15) is 14.7 Å². The second-order valence-corrected chi connectivity index (χ2v) is 11.2. The number of para-hydroxylation sites is 1. The van der Waals surface area contributed by atoms with E-state index in [1.165, 1.54) is 28.7 Å². The van der Waals surface area contributed by atoms with Crippen molar-refractivity contribution in [3.63, 3.8) is 0 Å². The Morgan fingerprint density at radius 2 is 1.66 bits per heavy atom. The van der Waals surface area contributed by atoms with Gasteiger partial charge < -0.3 is 20.5 Å². The topological polar surface area (TPSA) is 87.7 Å². The van der Waals surface area contributed by atoms with Crippen molar-refractivity contribution in [3.8, 4) is 5.75 Å². The predicted molar refractivity (Wildman–Crippen MR) is 162 cm³/mol. The molecule has 0 aliphatic heterocycles. The van der Waals surface area contributed by atoms with Gasteiger partial charge in [0.2, 0.25) is 0 Å². The zero-order chi connectivity index (χ0) is 28.2. The minimum Gasteiger partial charge on any atom is -0.507 e. The molecule has 6 nitrogen and oxygen atoms in total. The molecule has 3 aromatic carbocycles. The number of aromatic hydroxyl groups is 1. The molecule has 0 bridgehead atoms. The number of hydrogen-bond donors (Lipinski definition) is 3. The molecule has 0 aromatic heterocycles. The molecule has 0 saturated heterocycles. The van der Waals surface area contributed by atoms with Gasteiger partial charge in [-0.15, -0.1) is 0 Å². The molecule has 2 amide bonds. The molecule has 6 rings (SSSR count). The van der Waals surface area contributed by atoms with Crippen LogP contribution in [0.15, 0.2) is 77.9 Å². The number of aryl methyl sites for hydroxylation is 1. The number of ether oxygens (including phenoxy) is 1. The van der Waals surface area contributed by atoms with E-state index < -0.39 is 0 Å². The Bertz CT molecular complexity index is 1520. The first kappa shape index (κ1) is 27.0. The van der Waals surface area contributed by atoms with Gasteiger partial charge in [-0.05, 0) is 122 Å². The van der Waals surface area contributed by atoms with E-state index in [1.807, 2.05) is 60.7 Å². The highest BCUT2D eigenvalue weighted by atomic mass is 16.5. The molecule has 0 heterocycles. The Morgan fingerprint density at radius 3 is 2.51 bits per heavy atom. The van der Waals surface area contributed by atoms with Gasteiger partial charge in [0.15, 0.2) is 6.29 Å². The maximum absolute atomic E-state index is 12.5. The van der Waals surface area contributed by atoms with Crippen LogP contribution in [-0.2, 0) is 24.2 Å². The van der Waals surface area contributed by atoms with Gasteiger partial charge in [-0.25, -0.2) is 4.79 Å². The molecule has 0 radical (unpaired) electrons. The van der Waals surface area contributed by atoms with Crippen LogP contribution in [0.1, 0.15) is 77.6 Å². The van der Waals surface area contributed by atoms with Crippen LogP contribution in [0.3, 0.4) is 0 Å². The third kappa shape index (κ3) is 5.84. The molecule has 0 spiro atoms. The van der Waals surface area contributed by atoms with Crippen LogP contribution in [-0.4, -0.2) is 23.5 Å². The first-order valence-electron chi connectivity index (χ1n) is 14.7. The number of aldehydes is 1. The second kappa shape index (κ2) is 12.1. The van der Waals surface area contributed by atoms with Crippen LogP contribution < -0.4 is 10.6 Å². The van der Waals surface area contributed by atoms with Gasteiger partial charge in [-0.3, -0.25) is 4.79 Å². The van der Waals surface area contributed by atoms with Crippen LogP contribution in [0.4, 0.5) is 16.2 Å². The van der Waals surface area contributed by atoms with Gasteiger partial charge in [0.1, 0.15) is 5.75 Å². The molecule has 210 valence electrons. The number of urea groups is 1. The predicted octanol–water partition coefficient (Wildman–Crippen LogP) is 7.97. The molecular formula is C35H36N2O4. The number of rotatable bonds is 7. The van der Waals surface area contributed by atoms with Crippen LogP contribution in [0.5, 0.6) is 5.75 Å². The van der Waals surface area contributed by atoms with Gasteiger partial charge in [0.05, 0.1) is 18.3 Å². The van der Waals surface area contributed by atoms with Crippen molar-refractivity contribution >= 4 is 29.3 Å². The Morgan fingerprint density at radius 1 is 0.902 bits per heavy atom. The van der Waals surface area contributed by atoms with Gasteiger partial charge in [0.25, 0.3) is 0 Å². The lowest BCUT2D eigenvalue weighted by molar-refractivity contribution is 0.0786. The summed E-state index contributed by atoms with van der Waals surface area (Å²) in [4.78, 5) is 24.5. The maximum Gasteiger partial charge on any atom is 0.323 e. The molecule has 1 atom stereocenters. The van der Waals surface area contributed by atoms with E-state index in [-0.39, 0.29) is 17.9 Å². The summed E-state index contributed by atoms with van der Waals surface area (Å²) in [6, 6.07) is 18.6. The number of carbonyl (C=O) groups excluding carboxylic acids is 2. The fourth-order valence-electron chi connectivity index (χ4n) is 6.53. The molecule has 1 unspecified atom stereocenters. The van der Waals surface area contributed by atoms with Crippen molar-refractivity contribution in [1.29, 1.82) is 0 Å². The number of allylic oxidation sites excluding steroid dienone is 2. The van der Waals surface area contributed by atoms with E-state index in [1.54, 1.807) is 0 Å². The summed E-state index contributed by atoms with van der Waals surface area (Å²) in [6.07, 6.45) is 11.9. The van der Waals surface area contributed by atoms with Crippen molar-refractivity contribution < 1.29 is 19.4 Å². The molecule has 3 aromatic rings. The number of phenolic OH excluding ortho intramolecular Hbond substituents is 1. The third-order valence-electron chi connectivity index (χ3n) is 8.45. The highest BCUT2D eigenvalue weighted by Gasteiger charge is 2.33. The number of carbonyl (C=O) groups is 2. The summed E-state index contributed by atoms with van der Waals surface area (Å²) in [7, 11) is 0. The number of phenols is 1. The van der Waals surface area contributed by atoms with Crippen molar-refractivity contribution in [2.24, 2.45) is 0 Å². The summed E-state index contributed by atoms with van der Waals surface area (Å²) < 4.78 is 6.63. The fourth-order valence-corrected chi connectivity index (χ4v) is 6.53. The van der Waals surface area contributed by atoms with E-state index in [0.717, 1.165) is 80.0 Å². The lowest BCUT2D eigenvalue weighted by Gasteiger charge is -2.34. The smallest absolute Gasteiger partial charge is 0.323 e. The number of hydrogen-bond acceptors (Lipinski definition) is 4. The number of anilines is 2. The van der Waals surface area contributed by atoms with Gasteiger partial charge >= 0.3 is 6.03 Å². The van der Waals surface area contributed by atoms with Crippen LogP contribution >= 0.6 is 0 Å². The average Bonchev–Trinajstić information content (AvgIpc) is 3.00. The first-order chi connectivity index (χ1) is 20.1. The average molecular weight is 549 g/mol. The van der Waals surface area contributed by atoms with Crippen LogP contribution in [0.2, 0.25) is 0 Å². The minimum atomic E-state index is -0.307. The van der Waals surface area contributed by atoms with E-state index >= 15 is 0 Å². The van der Waals surface area contributed by atoms with E-state index in [2.05, 4.69) is 16.7 Å². The molecule has 3 aliphatic rings. The SMILES string of the molecule is O=Cc1cc2c(c(C3=C4CCCCC4=CCC3OCc3cccc(NC(=O)Nc4ccccc4)c3)c1O)CCCC2. The standard InChI is InChI=1S/C35H36N2O4/c38-21-26-20-25-11-5-7-16-30(25)33(34(26)39)32-29-15-6-4-10-24(29)17-18-31(32)41-22-23-9-8-14-28(19-23)37-35(40)36-27-12-2-1-3-13-27/h1-3,8-9,12-14,17,19-21,31,39H,4-7,10-11,15-16,18,22H2,(H2,36,37,40). The molecular weight excluding hydrogens is 512 g/mol. The third-order valence-corrected chi connectivity index (χ3v) is 8.45. The normalized spacial score (nSPS) is 18.1. The Labute approximate surface area is 241 Å². The summed E-state index contributed by atoms with van der Waals surface area (Å²) >= 11 is 0. The highest BCUT2D eigenvalue weighted by molar-refractivity contribution is 5.99. The highest BCUT2D eigenvalue weighted by Crippen LogP contribution is 2.47. The molecule has 6 heteroatoms. The van der Waals surface area contributed by atoms with Gasteiger partial charge in [0, 0.05) is 16.9 Å². The Hall–Kier alpha value is -4.16. The Balaban J connectivity index is 1.26. The monoisotopic (exact) mass is 548 g/mol. The van der Waals surface area contributed by atoms with Crippen LogP contribution in [0, 0.1) is 0 Å². The Kier molecular flexibility index (Phi) is 8.01. The number of fused-ring (bicyclic) bond motifs is 2. The zero-order valence-electron chi connectivity index (χ0n) is 23.2. The van der Waals surface area contributed by atoms with E-state index in [4.69, 9.17) is 4.74 Å². The fraction of sp³-hybridized carbons (Fsp3) is 0.314. The summed E-state index contributed by atoms with van der Waals surface area (Å²) in [5, 5.41) is 17.2. The molecule has 1 fully saturated rings. The summed E-state index contributed by atoms with van der Waals surface area (Å²) in [5.74, 6) is 0.0965. The quantitative estimate of drug-likeness (QED) is 0.261. The molecule has 3 N–H and O–H groups in total. The molecule has 3 aliphatic carbocycles. The minimum absolute atomic E-state index is 0.0965. The largest absolute Gasteiger partial charge is 0.507 e. The molecule has 41 heavy (non-hydrogen) atoms. The van der Waals surface area contributed by atoms with Gasteiger partial charge in [-0.2, -0.15) is 0 Å². The molecule has 1 saturated carbocycles. The van der Waals surface area contributed by atoms with Crippen molar-refractivity contribution in [2.75, 3.05) is 10.6 Å². The lowest BCUT2D eigenvalue weighted by atomic mass is 9.74. The van der Waals surface area contributed by atoms with Crippen molar-refractivity contribution in [2.45, 2.75) is 70.5 Å². The van der Waals surface area contributed by atoms with Crippen LogP contribution in [0.25, 0.3) is 5.57 Å². The maximum atomic E-state index is 12.5.